The summed E-state index contributed by atoms with van der Waals surface area (Å²) in [6.07, 6.45) is 6.32. The first kappa shape index (κ1) is 9.00. The van der Waals surface area contributed by atoms with Gasteiger partial charge in [-0.15, -0.1) is 0 Å². The highest BCUT2D eigenvalue weighted by Crippen LogP contribution is 2.25. The summed E-state index contributed by atoms with van der Waals surface area (Å²) in [5.41, 5.74) is 5.90. The van der Waals surface area contributed by atoms with Gasteiger partial charge in [0.15, 0.2) is 0 Å². The summed E-state index contributed by atoms with van der Waals surface area (Å²) in [7, 11) is 0. The molecule has 0 unspecified atom stereocenters. The first-order valence-electron chi connectivity index (χ1n) is 5.32. The van der Waals surface area contributed by atoms with Crippen LogP contribution in [-0.4, -0.2) is 29.4 Å². The number of nitrogens with zero attached hydrogens (tertiary/aromatic N) is 1. The Morgan fingerprint density at radius 3 is 2.77 bits per heavy atom. The molecule has 2 rings (SSSR count). The minimum Gasteiger partial charge on any atom is -0.340 e. The van der Waals surface area contributed by atoms with E-state index in [1.165, 1.54) is 12.8 Å². The van der Waals surface area contributed by atoms with Crippen LogP contribution >= 0.6 is 0 Å². The van der Waals surface area contributed by atoms with Crippen molar-refractivity contribution in [2.24, 2.45) is 5.73 Å². The maximum Gasteiger partial charge on any atom is 0.222 e. The monoisotopic (exact) mass is 182 g/mol. The quantitative estimate of drug-likeness (QED) is 0.654. The third kappa shape index (κ3) is 1.85. The second-order valence-electron chi connectivity index (χ2n) is 4.27. The van der Waals surface area contributed by atoms with Gasteiger partial charge in [-0.3, -0.25) is 4.79 Å². The topological polar surface area (TPSA) is 46.3 Å². The highest BCUT2D eigenvalue weighted by molar-refractivity contribution is 5.78. The van der Waals surface area contributed by atoms with Gasteiger partial charge in [0.05, 0.1) is 0 Å². The first-order chi connectivity index (χ1) is 6.27. The van der Waals surface area contributed by atoms with E-state index in [1.807, 2.05) is 0 Å². The van der Waals surface area contributed by atoms with Crippen LogP contribution in [0.2, 0.25) is 0 Å². The zero-order valence-corrected chi connectivity index (χ0v) is 8.04. The van der Waals surface area contributed by atoms with Crippen LogP contribution in [0, 0.1) is 0 Å². The molecule has 74 valence electrons. The maximum atomic E-state index is 11.5. The lowest BCUT2D eigenvalue weighted by Crippen LogP contribution is -2.43. The van der Waals surface area contributed by atoms with Gasteiger partial charge in [-0.1, -0.05) is 0 Å². The number of rotatable bonds is 1. The Morgan fingerprint density at radius 2 is 2.15 bits per heavy atom. The molecule has 0 bridgehead atoms. The van der Waals surface area contributed by atoms with Crippen molar-refractivity contribution in [3.8, 4) is 0 Å². The summed E-state index contributed by atoms with van der Waals surface area (Å²) in [5, 5.41) is 0. The highest BCUT2D eigenvalue weighted by Gasteiger charge is 2.30. The van der Waals surface area contributed by atoms with E-state index in [0.717, 1.165) is 32.2 Å². The smallest absolute Gasteiger partial charge is 0.222 e. The van der Waals surface area contributed by atoms with Gasteiger partial charge >= 0.3 is 0 Å². The van der Waals surface area contributed by atoms with E-state index in [1.54, 1.807) is 0 Å². The molecule has 0 radical (unpaired) electrons. The van der Waals surface area contributed by atoms with Gasteiger partial charge in [-0.2, -0.15) is 0 Å². The molecule has 1 aliphatic carbocycles. The summed E-state index contributed by atoms with van der Waals surface area (Å²) in [6.45, 7) is 0.968. The molecule has 1 saturated carbocycles. The maximum absolute atomic E-state index is 11.5. The van der Waals surface area contributed by atoms with Gasteiger partial charge in [0.25, 0.3) is 0 Å². The molecule has 13 heavy (non-hydrogen) atoms. The normalized spacial score (nSPS) is 35.5. The van der Waals surface area contributed by atoms with Crippen molar-refractivity contribution in [3.05, 3.63) is 0 Å². The molecule has 0 aromatic heterocycles. The van der Waals surface area contributed by atoms with Crippen LogP contribution < -0.4 is 5.73 Å². The molecule has 2 atom stereocenters. The lowest BCUT2D eigenvalue weighted by molar-refractivity contribution is -0.130. The molecule has 1 aliphatic heterocycles. The average molecular weight is 182 g/mol. The van der Waals surface area contributed by atoms with E-state index in [-0.39, 0.29) is 0 Å². The number of nitrogens with two attached hydrogens (primary N) is 1. The molecule has 2 N–H and O–H groups in total. The fraction of sp³-hybridized carbons (Fsp3) is 0.900. The van der Waals surface area contributed by atoms with Gasteiger partial charge in [-0.05, 0) is 32.1 Å². The lowest BCUT2D eigenvalue weighted by Gasteiger charge is -2.33. The van der Waals surface area contributed by atoms with E-state index in [2.05, 4.69) is 4.90 Å². The first-order valence-corrected chi connectivity index (χ1v) is 5.32. The molecule has 2 fully saturated rings. The van der Waals surface area contributed by atoms with Crippen LogP contribution in [-0.2, 0) is 4.79 Å². The van der Waals surface area contributed by atoms with Crippen LogP contribution in [0.4, 0.5) is 0 Å². The third-order valence-electron chi connectivity index (χ3n) is 3.24. The Hall–Kier alpha value is -0.570. The SMILES string of the molecule is N[C@H]1CCC[C@H](N2CCCC2=O)C1. The molecule has 0 aromatic rings. The number of carbonyl (C=O) groups excluding carboxylic acids is 1. The number of carbonyl (C=O) groups is 1. The summed E-state index contributed by atoms with van der Waals surface area (Å²) in [5.74, 6) is 0.346. The van der Waals surface area contributed by atoms with Gasteiger partial charge in [0, 0.05) is 25.0 Å². The Kier molecular flexibility index (Phi) is 2.54. The van der Waals surface area contributed by atoms with Crippen molar-refractivity contribution < 1.29 is 4.79 Å². The third-order valence-corrected chi connectivity index (χ3v) is 3.24. The molecular formula is C10H18N2O. The van der Waals surface area contributed by atoms with Crippen molar-refractivity contribution in [3.63, 3.8) is 0 Å². The van der Waals surface area contributed by atoms with Gasteiger partial charge < -0.3 is 10.6 Å². The summed E-state index contributed by atoms with van der Waals surface area (Å²) in [6, 6.07) is 0.783. The highest BCUT2D eigenvalue weighted by atomic mass is 16.2. The van der Waals surface area contributed by atoms with Crippen molar-refractivity contribution in [2.45, 2.75) is 50.6 Å². The summed E-state index contributed by atoms with van der Waals surface area (Å²) in [4.78, 5) is 13.5. The van der Waals surface area contributed by atoms with Crippen LogP contribution in [0.25, 0.3) is 0 Å². The standard InChI is InChI=1S/C10H18N2O/c11-8-3-1-4-9(7-8)12-6-2-5-10(12)13/h8-9H,1-7,11H2/t8-,9-/m0/s1. The Bertz CT molecular complexity index is 205. The van der Waals surface area contributed by atoms with Crippen molar-refractivity contribution in [1.82, 2.24) is 4.90 Å². The van der Waals surface area contributed by atoms with E-state index >= 15 is 0 Å². The predicted molar refractivity (Wildman–Crippen MR) is 51.2 cm³/mol. The molecule has 1 heterocycles. The van der Waals surface area contributed by atoms with Crippen LogP contribution in [0.5, 0.6) is 0 Å². The number of likely N-dealkylation sites (tertiary alicyclic amines) is 1. The number of hydrogen-bond acceptors (Lipinski definition) is 2. The minimum absolute atomic E-state index is 0.326. The molecular weight excluding hydrogens is 164 g/mol. The van der Waals surface area contributed by atoms with Gasteiger partial charge in [0.1, 0.15) is 0 Å². The fourth-order valence-corrected chi connectivity index (χ4v) is 2.54. The van der Waals surface area contributed by atoms with Gasteiger partial charge in [-0.25, -0.2) is 0 Å². The number of amides is 1. The average Bonchev–Trinajstić information content (AvgIpc) is 2.51. The molecule has 0 aromatic carbocycles. The van der Waals surface area contributed by atoms with E-state index in [9.17, 15) is 4.79 Å². The summed E-state index contributed by atoms with van der Waals surface area (Å²) >= 11 is 0. The Labute approximate surface area is 79.3 Å². The van der Waals surface area contributed by atoms with E-state index in [4.69, 9.17) is 5.73 Å². The fourth-order valence-electron chi connectivity index (χ4n) is 2.54. The number of hydrogen-bond donors (Lipinski definition) is 1. The zero-order chi connectivity index (χ0) is 9.26. The largest absolute Gasteiger partial charge is 0.340 e. The molecule has 1 saturated heterocycles. The second-order valence-corrected chi connectivity index (χ2v) is 4.27. The molecule has 3 heteroatoms. The molecule has 0 spiro atoms. The van der Waals surface area contributed by atoms with Crippen molar-refractivity contribution in [1.29, 1.82) is 0 Å². The molecule has 1 amide bonds. The van der Waals surface area contributed by atoms with Crippen LogP contribution in [0.1, 0.15) is 38.5 Å². The lowest BCUT2D eigenvalue weighted by atomic mass is 9.91. The zero-order valence-electron chi connectivity index (χ0n) is 8.04. The Balaban J connectivity index is 1.95. The summed E-state index contributed by atoms with van der Waals surface area (Å²) < 4.78 is 0. The van der Waals surface area contributed by atoms with E-state index < -0.39 is 0 Å². The van der Waals surface area contributed by atoms with Crippen LogP contribution in [0.3, 0.4) is 0 Å². The van der Waals surface area contributed by atoms with E-state index in [0.29, 0.717) is 18.0 Å². The minimum atomic E-state index is 0.326. The van der Waals surface area contributed by atoms with Crippen LogP contribution in [0.15, 0.2) is 0 Å². The van der Waals surface area contributed by atoms with Crippen molar-refractivity contribution >= 4 is 5.91 Å². The van der Waals surface area contributed by atoms with Gasteiger partial charge in [0.2, 0.25) is 5.91 Å². The molecule has 3 nitrogen and oxygen atoms in total. The second kappa shape index (κ2) is 3.66. The van der Waals surface area contributed by atoms with Crippen molar-refractivity contribution in [2.75, 3.05) is 6.54 Å². The Morgan fingerprint density at radius 1 is 1.31 bits per heavy atom. The molecule has 2 aliphatic rings. The predicted octanol–water partition coefficient (Wildman–Crippen LogP) is 0.879.